The van der Waals surface area contributed by atoms with Gasteiger partial charge in [0.15, 0.2) is 5.13 Å². The zero-order valence-electron chi connectivity index (χ0n) is 13.9. The fourth-order valence-corrected chi connectivity index (χ4v) is 3.22. The van der Waals surface area contributed by atoms with Crippen LogP contribution in [0.1, 0.15) is 20.9 Å². The van der Waals surface area contributed by atoms with Crippen molar-refractivity contribution in [3.8, 4) is 0 Å². The molecule has 134 valence electrons. The average molecular weight is 390 g/mol. The van der Waals surface area contributed by atoms with Crippen molar-refractivity contribution in [2.45, 2.75) is 13.3 Å². The van der Waals surface area contributed by atoms with Crippen LogP contribution in [0.2, 0.25) is 5.02 Å². The molecule has 0 atom stereocenters. The molecule has 9 heteroatoms. The van der Waals surface area contributed by atoms with E-state index in [1.807, 2.05) is 19.1 Å². The van der Waals surface area contributed by atoms with E-state index >= 15 is 0 Å². The second kappa shape index (κ2) is 8.22. The van der Waals surface area contributed by atoms with Gasteiger partial charge in [-0.2, -0.15) is 0 Å². The van der Waals surface area contributed by atoms with E-state index in [2.05, 4.69) is 25.6 Å². The maximum Gasteiger partial charge on any atom is 0.267 e. The molecule has 0 spiro atoms. The van der Waals surface area contributed by atoms with Gasteiger partial charge in [-0.1, -0.05) is 35.1 Å². The number of aromatic nitrogens is 3. The zero-order valence-corrected chi connectivity index (χ0v) is 15.4. The number of carbonyl (C=O) groups is 1. The van der Waals surface area contributed by atoms with Gasteiger partial charge < -0.3 is 15.7 Å². The summed E-state index contributed by atoms with van der Waals surface area (Å²) < 4.78 is 0. The Kier molecular flexibility index (Phi) is 5.77. The summed E-state index contributed by atoms with van der Waals surface area (Å²) in [5.41, 5.74) is 2.19. The van der Waals surface area contributed by atoms with Crippen LogP contribution in [-0.2, 0) is 6.42 Å². The molecule has 0 aliphatic rings. The third-order valence-corrected chi connectivity index (χ3v) is 4.74. The molecule has 0 unspecified atom stereocenters. The fourth-order valence-electron chi connectivity index (χ4n) is 2.23. The van der Waals surface area contributed by atoms with Crippen molar-refractivity contribution >= 4 is 45.5 Å². The van der Waals surface area contributed by atoms with Crippen molar-refractivity contribution in [3.05, 3.63) is 57.9 Å². The van der Waals surface area contributed by atoms with Crippen LogP contribution >= 0.6 is 22.9 Å². The van der Waals surface area contributed by atoms with E-state index in [0.717, 1.165) is 5.56 Å². The number of carbonyl (C=O) groups excluding carboxylic acids is 1. The Labute approximate surface area is 159 Å². The molecule has 0 aliphatic carbocycles. The number of aryl methyl sites for hydroxylation is 1. The van der Waals surface area contributed by atoms with Gasteiger partial charge in [0.2, 0.25) is 0 Å². The number of rotatable bonds is 6. The van der Waals surface area contributed by atoms with Gasteiger partial charge >= 0.3 is 0 Å². The van der Waals surface area contributed by atoms with E-state index in [0.29, 0.717) is 38.7 Å². The maximum atomic E-state index is 12.4. The smallest absolute Gasteiger partial charge is 0.267 e. The van der Waals surface area contributed by atoms with E-state index in [1.54, 1.807) is 12.1 Å². The van der Waals surface area contributed by atoms with Crippen molar-refractivity contribution in [1.29, 1.82) is 0 Å². The van der Waals surface area contributed by atoms with Gasteiger partial charge in [0.1, 0.15) is 17.0 Å². The second-order valence-corrected chi connectivity index (χ2v) is 6.85. The highest BCUT2D eigenvalue weighted by atomic mass is 35.5. The summed E-state index contributed by atoms with van der Waals surface area (Å²) in [6.07, 6.45) is 3.35. The molecule has 26 heavy (non-hydrogen) atoms. The number of nitrogens with one attached hydrogen (secondary N) is 2. The highest BCUT2D eigenvalue weighted by Gasteiger charge is 2.14. The minimum atomic E-state index is -0.282. The molecule has 0 saturated heterocycles. The van der Waals surface area contributed by atoms with E-state index < -0.39 is 0 Å². The molecule has 3 rings (SSSR count). The number of halogens is 1. The van der Waals surface area contributed by atoms with E-state index in [4.69, 9.17) is 16.7 Å². The van der Waals surface area contributed by atoms with Gasteiger partial charge in [-0.25, -0.2) is 15.0 Å². The fraction of sp³-hybridized carbons (Fsp3) is 0.176. The normalized spacial score (nSPS) is 10.6. The van der Waals surface area contributed by atoms with E-state index in [1.165, 1.54) is 23.9 Å². The SMILES string of the molecule is Cc1cccc(Cl)c1NC(=O)c1cnc(Nc2cc(CCO)ncn2)s1. The van der Waals surface area contributed by atoms with Crippen LogP contribution in [0.4, 0.5) is 16.6 Å². The highest BCUT2D eigenvalue weighted by Crippen LogP contribution is 2.27. The minimum Gasteiger partial charge on any atom is -0.396 e. The lowest BCUT2D eigenvalue weighted by atomic mass is 10.2. The predicted molar refractivity (Wildman–Crippen MR) is 102 cm³/mol. The van der Waals surface area contributed by atoms with Gasteiger partial charge in [0.25, 0.3) is 5.91 Å². The summed E-state index contributed by atoms with van der Waals surface area (Å²) in [6, 6.07) is 7.16. The van der Waals surface area contributed by atoms with Gasteiger partial charge in [-0.05, 0) is 18.6 Å². The van der Waals surface area contributed by atoms with Crippen LogP contribution < -0.4 is 10.6 Å². The van der Waals surface area contributed by atoms with Crippen LogP contribution in [0.15, 0.2) is 36.8 Å². The van der Waals surface area contributed by atoms with Crippen molar-refractivity contribution in [2.75, 3.05) is 17.2 Å². The first-order chi connectivity index (χ1) is 12.6. The van der Waals surface area contributed by atoms with Crippen LogP contribution in [0.3, 0.4) is 0 Å². The lowest BCUT2D eigenvalue weighted by molar-refractivity contribution is 0.103. The molecule has 3 N–H and O–H groups in total. The number of para-hydroxylation sites is 1. The summed E-state index contributed by atoms with van der Waals surface area (Å²) in [7, 11) is 0. The lowest BCUT2D eigenvalue weighted by Crippen LogP contribution is -2.11. The van der Waals surface area contributed by atoms with E-state index in [9.17, 15) is 4.79 Å². The Morgan fingerprint density at radius 2 is 2.15 bits per heavy atom. The van der Waals surface area contributed by atoms with Crippen molar-refractivity contribution in [1.82, 2.24) is 15.0 Å². The molecule has 3 aromatic rings. The molecule has 0 radical (unpaired) electrons. The third kappa shape index (κ3) is 4.34. The number of nitrogens with zero attached hydrogens (tertiary/aromatic N) is 3. The van der Waals surface area contributed by atoms with Gasteiger partial charge in [0.05, 0.1) is 16.9 Å². The average Bonchev–Trinajstić information content (AvgIpc) is 3.07. The van der Waals surface area contributed by atoms with Crippen LogP contribution in [0, 0.1) is 6.92 Å². The molecule has 0 bridgehead atoms. The molecule has 0 fully saturated rings. The molecule has 2 heterocycles. The summed E-state index contributed by atoms with van der Waals surface area (Å²) >= 11 is 7.34. The zero-order chi connectivity index (χ0) is 18.5. The number of anilines is 3. The summed E-state index contributed by atoms with van der Waals surface area (Å²) in [6.45, 7) is 1.89. The quantitative estimate of drug-likeness (QED) is 0.597. The third-order valence-electron chi connectivity index (χ3n) is 3.52. The Morgan fingerprint density at radius 1 is 1.31 bits per heavy atom. The number of hydrogen-bond donors (Lipinski definition) is 3. The van der Waals surface area contributed by atoms with Gasteiger partial charge in [-0.15, -0.1) is 0 Å². The van der Waals surface area contributed by atoms with Gasteiger partial charge in [-0.3, -0.25) is 4.79 Å². The molecule has 1 aromatic carbocycles. The molecule has 0 saturated carbocycles. The van der Waals surface area contributed by atoms with Crippen LogP contribution in [-0.4, -0.2) is 32.6 Å². The van der Waals surface area contributed by atoms with Gasteiger partial charge in [0, 0.05) is 24.8 Å². The molecular formula is C17H16ClN5O2S. The number of aliphatic hydroxyl groups excluding tert-OH is 1. The molecule has 0 aliphatic heterocycles. The molecule has 7 nitrogen and oxygen atoms in total. The number of hydrogen-bond acceptors (Lipinski definition) is 7. The molecule has 2 aromatic heterocycles. The summed E-state index contributed by atoms with van der Waals surface area (Å²) in [4.78, 5) is 25.3. The Hall–Kier alpha value is -2.55. The Bertz CT molecular complexity index is 911. The number of amides is 1. The Morgan fingerprint density at radius 3 is 2.92 bits per heavy atom. The molecule has 1 amide bonds. The highest BCUT2D eigenvalue weighted by molar-refractivity contribution is 7.17. The summed E-state index contributed by atoms with van der Waals surface area (Å²) in [5, 5.41) is 15.8. The van der Waals surface area contributed by atoms with Crippen molar-refractivity contribution in [3.63, 3.8) is 0 Å². The first kappa shape index (κ1) is 18.2. The van der Waals surface area contributed by atoms with E-state index in [-0.39, 0.29) is 12.5 Å². The van der Waals surface area contributed by atoms with Crippen LogP contribution in [0.5, 0.6) is 0 Å². The Balaban J connectivity index is 1.71. The first-order valence-corrected chi connectivity index (χ1v) is 8.97. The minimum absolute atomic E-state index is 0.0134. The predicted octanol–water partition coefficient (Wildman–Crippen LogP) is 3.43. The second-order valence-electron chi connectivity index (χ2n) is 5.41. The summed E-state index contributed by atoms with van der Waals surface area (Å²) in [5.74, 6) is 0.266. The topological polar surface area (TPSA) is 100 Å². The van der Waals surface area contributed by atoms with Crippen molar-refractivity contribution in [2.24, 2.45) is 0 Å². The van der Waals surface area contributed by atoms with Crippen LogP contribution in [0.25, 0.3) is 0 Å². The largest absolute Gasteiger partial charge is 0.396 e. The number of thiazole rings is 1. The maximum absolute atomic E-state index is 12.4. The standard InChI is InChI=1S/C17H16ClN5O2S/c1-10-3-2-4-12(18)15(10)23-16(25)13-8-19-17(26-13)22-14-7-11(5-6-24)20-9-21-14/h2-4,7-9,24H,5-6H2,1H3,(H,23,25)(H,19,20,21,22). The number of benzene rings is 1. The number of aliphatic hydroxyl groups is 1. The first-order valence-electron chi connectivity index (χ1n) is 7.78. The monoisotopic (exact) mass is 389 g/mol. The van der Waals surface area contributed by atoms with Crippen molar-refractivity contribution < 1.29 is 9.90 Å². The lowest BCUT2D eigenvalue weighted by Gasteiger charge is -2.08. The molecular weight excluding hydrogens is 374 g/mol.